The van der Waals surface area contributed by atoms with E-state index in [1.807, 2.05) is 0 Å². The molecule has 0 spiro atoms. The highest BCUT2D eigenvalue weighted by atomic mass is 19.3. The van der Waals surface area contributed by atoms with Crippen LogP contribution in [-0.2, 0) is 9.53 Å². The minimum absolute atomic E-state index is 0.0977. The summed E-state index contributed by atoms with van der Waals surface area (Å²) in [4.78, 5) is 24.3. The fraction of sp³-hybridized carbons (Fsp3) is 0.833. The molecule has 2 atom stereocenters. The zero-order valence-corrected chi connectivity index (χ0v) is 11.2. The van der Waals surface area contributed by atoms with Crippen molar-refractivity contribution in [2.75, 3.05) is 13.1 Å². The van der Waals surface area contributed by atoms with Gasteiger partial charge in [0.25, 0.3) is 5.92 Å². The van der Waals surface area contributed by atoms with Gasteiger partial charge in [-0.05, 0) is 20.8 Å². The second-order valence-corrected chi connectivity index (χ2v) is 6.05. The molecule has 2 saturated heterocycles. The SMILES string of the molecule is CC(C)(C)OC(=O)N1CC(F)(F)[C@@H]2CNC(=O)C[C@@H]21. The lowest BCUT2D eigenvalue weighted by atomic mass is 9.91. The molecule has 0 aromatic heterocycles. The molecule has 19 heavy (non-hydrogen) atoms. The Morgan fingerprint density at radius 2 is 2.11 bits per heavy atom. The fourth-order valence-corrected chi connectivity index (χ4v) is 2.50. The number of ether oxygens (including phenoxy) is 1. The number of carbonyl (C=O) groups is 2. The van der Waals surface area contributed by atoms with Crippen LogP contribution in [0.1, 0.15) is 27.2 Å². The third-order valence-electron chi connectivity index (χ3n) is 3.33. The lowest BCUT2D eigenvalue weighted by Crippen LogP contribution is -2.50. The second-order valence-electron chi connectivity index (χ2n) is 6.05. The van der Waals surface area contributed by atoms with Gasteiger partial charge < -0.3 is 10.1 Å². The number of amides is 2. The molecule has 2 aliphatic rings. The third kappa shape index (κ3) is 2.79. The molecule has 0 radical (unpaired) electrons. The van der Waals surface area contributed by atoms with E-state index in [0.29, 0.717) is 0 Å². The van der Waals surface area contributed by atoms with Crippen LogP contribution in [0.4, 0.5) is 13.6 Å². The molecule has 0 aromatic rings. The molecule has 0 aliphatic carbocycles. The van der Waals surface area contributed by atoms with Gasteiger partial charge in [-0.2, -0.15) is 0 Å². The average Bonchev–Trinajstić information content (AvgIpc) is 2.48. The fourth-order valence-electron chi connectivity index (χ4n) is 2.50. The average molecular weight is 276 g/mol. The first kappa shape index (κ1) is 14.0. The van der Waals surface area contributed by atoms with Gasteiger partial charge in [-0.1, -0.05) is 0 Å². The molecule has 108 valence electrons. The summed E-state index contributed by atoms with van der Waals surface area (Å²) in [6, 6.07) is -0.779. The van der Waals surface area contributed by atoms with E-state index in [2.05, 4.69) is 5.32 Å². The van der Waals surface area contributed by atoms with Crippen LogP contribution >= 0.6 is 0 Å². The van der Waals surface area contributed by atoms with E-state index in [0.717, 1.165) is 4.90 Å². The van der Waals surface area contributed by atoms with Crippen LogP contribution in [0.25, 0.3) is 0 Å². The Morgan fingerprint density at radius 1 is 1.47 bits per heavy atom. The smallest absolute Gasteiger partial charge is 0.410 e. The van der Waals surface area contributed by atoms with Crippen LogP contribution < -0.4 is 5.32 Å². The highest BCUT2D eigenvalue weighted by Crippen LogP contribution is 2.41. The summed E-state index contributed by atoms with van der Waals surface area (Å²) in [5, 5.41) is 2.42. The Labute approximate surface area is 110 Å². The number of carbonyl (C=O) groups excluding carboxylic acids is 2. The summed E-state index contributed by atoms with van der Waals surface area (Å²) < 4.78 is 32.8. The highest BCUT2D eigenvalue weighted by Gasteiger charge is 2.58. The van der Waals surface area contributed by atoms with Crippen molar-refractivity contribution >= 4 is 12.0 Å². The summed E-state index contributed by atoms with van der Waals surface area (Å²) in [6.45, 7) is 4.22. The summed E-state index contributed by atoms with van der Waals surface area (Å²) in [7, 11) is 0. The molecule has 0 bridgehead atoms. The maximum Gasteiger partial charge on any atom is 0.410 e. The Hall–Kier alpha value is -1.40. The predicted molar refractivity (Wildman–Crippen MR) is 62.8 cm³/mol. The van der Waals surface area contributed by atoms with Crippen LogP contribution in [0.15, 0.2) is 0 Å². The number of hydrogen-bond acceptors (Lipinski definition) is 3. The van der Waals surface area contributed by atoms with E-state index in [4.69, 9.17) is 4.74 Å². The summed E-state index contributed by atoms with van der Waals surface area (Å²) in [5.41, 5.74) is -0.749. The second kappa shape index (κ2) is 4.31. The van der Waals surface area contributed by atoms with Crippen molar-refractivity contribution in [3.63, 3.8) is 0 Å². The first-order valence-electron chi connectivity index (χ1n) is 6.24. The Bertz CT molecular complexity index is 406. The van der Waals surface area contributed by atoms with Gasteiger partial charge in [-0.25, -0.2) is 13.6 Å². The van der Waals surface area contributed by atoms with E-state index in [9.17, 15) is 18.4 Å². The number of piperidine rings is 1. The maximum atomic E-state index is 13.8. The van der Waals surface area contributed by atoms with Gasteiger partial charge in [0, 0.05) is 13.0 Å². The van der Waals surface area contributed by atoms with Crippen LogP contribution in [0.3, 0.4) is 0 Å². The lowest BCUT2D eigenvalue weighted by Gasteiger charge is -2.32. The number of nitrogens with one attached hydrogen (secondary N) is 1. The van der Waals surface area contributed by atoms with Crippen molar-refractivity contribution in [2.24, 2.45) is 5.92 Å². The molecule has 2 fully saturated rings. The van der Waals surface area contributed by atoms with Crippen molar-refractivity contribution < 1.29 is 23.1 Å². The minimum atomic E-state index is -2.99. The Morgan fingerprint density at radius 3 is 2.68 bits per heavy atom. The Kier molecular flexibility index (Phi) is 3.18. The quantitative estimate of drug-likeness (QED) is 0.727. The highest BCUT2D eigenvalue weighted by molar-refractivity contribution is 5.79. The van der Waals surface area contributed by atoms with E-state index < -0.39 is 36.1 Å². The van der Waals surface area contributed by atoms with Crippen molar-refractivity contribution in [2.45, 2.75) is 44.8 Å². The summed E-state index contributed by atoms with van der Waals surface area (Å²) in [6.07, 6.45) is -0.881. The number of hydrogen-bond donors (Lipinski definition) is 1. The van der Waals surface area contributed by atoms with Gasteiger partial charge in [0.05, 0.1) is 18.5 Å². The van der Waals surface area contributed by atoms with Crippen LogP contribution in [0, 0.1) is 5.92 Å². The zero-order valence-electron chi connectivity index (χ0n) is 11.2. The summed E-state index contributed by atoms with van der Waals surface area (Å²) in [5.74, 6) is -4.33. The maximum absolute atomic E-state index is 13.8. The van der Waals surface area contributed by atoms with Crippen LogP contribution in [0.2, 0.25) is 0 Å². The molecule has 2 amide bonds. The molecule has 0 saturated carbocycles. The number of alkyl halides is 2. The van der Waals surface area contributed by atoms with E-state index in [1.165, 1.54) is 0 Å². The van der Waals surface area contributed by atoms with Crippen molar-refractivity contribution in [1.29, 1.82) is 0 Å². The zero-order chi connectivity index (χ0) is 14.4. The number of nitrogens with zero attached hydrogens (tertiary/aromatic N) is 1. The van der Waals surface area contributed by atoms with Crippen LogP contribution in [0.5, 0.6) is 0 Å². The summed E-state index contributed by atoms with van der Waals surface area (Å²) >= 11 is 0. The molecular weight excluding hydrogens is 258 g/mol. The monoisotopic (exact) mass is 276 g/mol. The lowest BCUT2D eigenvalue weighted by molar-refractivity contribution is -0.125. The molecule has 0 unspecified atom stereocenters. The minimum Gasteiger partial charge on any atom is -0.444 e. The number of rotatable bonds is 0. The van der Waals surface area contributed by atoms with Gasteiger partial charge in [-0.15, -0.1) is 0 Å². The van der Waals surface area contributed by atoms with E-state index >= 15 is 0 Å². The third-order valence-corrected chi connectivity index (χ3v) is 3.33. The van der Waals surface area contributed by atoms with Crippen molar-refractivity contribution in [3.05, 3.63) is 0 Å². The van der Waals surface area contributed by atoms with Gasteiger partial charge in [0.1, 0.15) is 5.60 Å². The molecule has 1 N–H and O–H groups in total. The van der Waals surface area contributed by atoms with E-state index in [-0.39, 0.29) is 18.9 Å². The first-order chi connectivity index (χ1) is 8.60. The molecule has 2 rings (SSSR count). The van der Waals surface area contributed by atoms with Crippen molar-refractivity contribution in [3.8, 4) is 0 Å². The molecule has 7 heteroatoms. The number of likely N-dealkylation sites (tertiary alicyclic amines) is 1. The van der Waals surface area contributed by atoms with E-state index in [1.54, 1.807) is 20.8 Å². The van der Waals surface area contributed by atoms with Gasteiger partial charge in [0.2, 0.25) is 5.91 Å². The normalized spacial score (nSPS) is 29.7. The van der Waals surface area contributed by atoms with Gasteiger partial charge >= 0.3 is 6.09 Å². The number of halogens is 2. The molecule has 0 aromatic carbocycles. The topological polar surface area (TPSA) is 58.6 Å². The largest absolute Gasteiger partial charge is 0.444 e. The predicted octanol–water partition coefficient (Wildman–Crippen LogP) is 1.38. The number of fused-ring (bicyclic) bond motifs is 1. The first-order valence-corrected chi connectivity index (χ1v) is 6.24. The van der Waals surface area contributed by atoms with Crippen LogP contribution in [-0.4, -0.2) is 47.6 Å². The van der Waals surface area contributed by atoms with Crippen molar-refractivity contribution in [1.82, 2.24) is 10.2 Å². The Balaban J connectivity index is 2.17. The molecular formula is C12H18F2N2O3. The molecule has 2 aliphatic heterocycles. The standard InChI is InChI=1S/C12H18F2N2O3/c1-11(2,3)19-10(18)16-6-12(13,14)7-5-15-9(17)4-8(7)16/h7-8H,4-6H2,1-3H3,(H,15,17)/t7-,8+/m1/s1. The van der Waals surface area contributed by atoms with Gasteiger partial charge in [-0.3, -0.25) is 9.69 Å². The molecule has 5 nitrogen and oxygen atoms in total. The van der Waals surface area contributed by atoms with Gasteiger partial charge in [0.15, 0.2) is 0 Å². The molecule has 2 heterocycles.